The largest absolute Gasteiger partial charge is 0.296 e. The lowest BCUT2D eigenvalue weighted by atomic mass is 10.2. The molecule has 3 aromatic heterocycles. The molecular weight excluding hydrogens is 448 g/mol. The molecule has 0 amide bonds. The van der Waals surface area contributed by atoms with Gasteiger partial charge in [0.05, 0.1) is 23.2 Å². The van der Waals surface area contributed by atoms with Gasteiger partial charge in [-0.1, -0.05) is 42.1 Å². The zero-order chi connectivity index (χ0) is 23.1. The number of nitrogens with zero attached hydrogens (tertiary/aromatic N) is 8. The van der Waals surface area contributed by atoms with E-state index in [4.69, 9.17) is 0 Å². The Morgan fingerprint density at radius 2 is 1.62 bits per heavy atom. The Bertz CT molecular complexity index is 1530. The summed E-state index contributed by atoms with van der Waals surface area (Å²) in [5, 5.41) is 19.3. The monoisotopic (exact) mass is 472 g/mol. The quantitative estimate of drug-likeness (QED) is 0.351. The highest BCUT2D eigenvalue weighted by atomic mass is 32.2. The Labute approximate surface area is 200 Å². The normalized spacial score (nSPS) is 14.5. The summed E-state index contributed by atoms with van der Waals surface area (Å²) in [6.45, 7) is 2.98. The number of aryl methyl sites for hydroxylation is 1. The first kappa shape index (κ1) is 21.1. The molecule has 0 N–H and O–H groups in total. The average molecular weight is 473 g/mol. The fraction of sp³-hybridized carbons (Fsp3) is 0.292. The van der Waals surface area contributed by atoms with Gasteiger partial charge in [-0.25, -0.2) is 0 Å². The first-order chi connectivity index (χ1) is 16.7. The second-order valence-electron chi connectivity index (χ2n) is 8.47. The third-order valence-electron chi connectivity index (χ3n) is 6.30. The van der Waals surface area contributed by atoms with E-state index in [-0.39, 0.29) is 5.56 Å². The smallest absolute Gasteiger partial charge is 0.262 e. The van der Waals surface area contributed by atoms with Crippen LogP contribution < -0.4 is 5.56 Å². The predicted octanol–water partition coefficient (Wildman–Crippen LogP) is 3.05. The number of benzene rings is 2. The number of hydrogen-bond donors (Lipinski definition) is 0. The Hall–Kier alpha value is -3.50. The van der Waals surface area contributed by atoms with E-state index in [1.165, 1.54) is 12.8 Å². The van der Waals surface area contributed by atoms with Crippen LogP contribution in [0.2, 0.25) is 0 Å². The molecule has 0 saturated carbocycles. The first-order valence-corrected chi connectivity index (χ1v) is 12.4. The number of fused-ring (bicyclic) bond motifs is 3. The molecular formula is C24H24N8OS. The Balaban J connectivity index is 1.38. The van der Waals surface area contributed by atoms with Crippen molar-refractivity contribution in [3.8, 4) is 5.69 Å². The molecule has 0 aliphatic carbocycles. The van der Waals surface area contributed by atoms with E-state index in [1.54, 1.807) is 23.4 Å². The van der Waals surface area contributed by atoms with Crippen molar-refractivity contribution < 1.29 is 0 Å². The van der Waals surface area contributed by atoms with Crippen LogP contribution in [-0.2, 0) is 19.3 Å². The summed E-state index contributed by atoms with van der Waals surface area (Å²) in [4.78, 5) is 15.2. The number of rotatable bonds is 6. The summed E-state index contributed by atoms with van der Waals surface area (Å²) < 4.78 is 5.64. The standard InChI is InChI=1S/C24H24N8OS/c1-29-22(33)18-11-5-6-12-19(18)32-21(26-27-23(29)32)16-34-24-28-25-20(15-30-13-7-8-14-30)31(24)17-9-3-2-4-10-17/h2-6,9-12H,7-8,13-16H2,1H3. The Morgan fingerprint density at radius 1 is 0.882 bits per heavy atom. The highest BCUT2D eigenvalue weighted by Crippen LogP contribution is 2.27. The summed E-state index contributed by atoms with van der Waals surface area (Å²) >= 11 is 1.57. The van der Waals surface area contributed by atoms with E-state index in [9.17, 15) is 4.79 Å². The number of aromatic nitrogens is 7. The van der Waals surface area contributed by atoms with Gasteiger partial charge < -0.3 is 0 Å². The molecule has 1 fully saturated rings. The number of likely N-dealkylation sites (tertiary alicyclic amines) is 1. The summed E-state index contributed by atoms with van der Waals surface area (Å²) in [5.74, 6) is 2.77. The molecule has 0 unspecified atom stereocenters. The predicted molar refractivity (Wildman–Crippen MR) is 131 cm³/mol. The van der Waals surface area contributed by atoms with E-state index in [2.05, 4.69) is 42.0 Å². The van der Waals surface area contributed by atoms with Gasteiger partial charge in [-0.15, -0.1) is 20.4 Å². The van der Waals surface area contributed by atoms with Crippen LogP contribution in [0.4, 0.5) is 0 Å². The Kier molecular flexibility index (Phi) is 5.39. The highest BCUT2D eigenvalue weighted by molar-refractivity contribution is 7.98. The van der Waals surface area contributed by atoms with Crippen molar-refractivity contribution in [3.63, 3.8) is 0 Å². The van der Waals surface area contributed by atoms with Crippen molar-refractivity contribution in [2.45, 2.75) is 30.3 Å². The Morgan fingerprint density at radius 3 is 2.44 bits per heavy atom. The van der Waals surface area contributed by atoms with E-state index >= 15 is 0 Å². The third kappa shape index (κ3) is 3.59. The van der Waals surface area contributed by atoms with Gasteiger partial charge in [0.25, 0.3) is 5.56 Å². The van der Waals surface area contributed by atoms with E-state index in [0.29, 0.717) is 16.9 Å². The minimum atomic E-state index is -0.0786. The molecule has 6 rings (SSSR count). The fourth-order valence-electron chi connectivity index (χ4n) is 4.59. The SMILES string of the molecule is Cn1c(=O)c2ccccc2n2c(CSc3nnc(CN4CCCC4)n3-c3ccccc3)nnc12. The first-order valence-electron chi connectivity index (χ1n) is 11.4. The van der Waals surface area contributed by atoms with Crippen molar-refractivity contribution in [3.05, 3.63) is 76.6 Å². The van der Waals surface area contributed by atoms with Gasteiger partial charge in [-0.2, -0.15) is 0 Å². The zero-order valence-corrected chi connectivity index (χ0v) is 19.6. The molecule has 172 valence electrons. The summed E-state index contributed by atoms with van der Waals surface area (Å²) in [6, 6.07) is 17.8. The minimum absolute atomic E-state index is 0.0786. The average Bonchev–Trinajstić information content (AvgIpc) is 3.62. The van der Waals surface area contributed by atoms with Gasteiger partial charge in [0, 0.05) is 12.7 Å². The molecule has 10 heteroatoms. The summed E-state index contributed by atoms with van der Waals surface area (Å²) in [5.41, 5.74) is 1.77. The molecule has 2 aromatic carbocycles. The lowest BCUT2D eigenvalue weighted by Crippen LogP contribution is -2.21. The third-order valence-corrected chi connectivity index (χ3v) is 7.23. The van der Waals surface area contributed by atoms with Crippen LogP contribution in [0.25, 0.3) is 22.4 Å². The lowest BCUT2D eigenvalue weighted by Gasteiger charge is -2.16. The second-order valence-corrected chi connectivity index (χ2v) is 9.42. The molecule has 1 aliphatic heterocycles. The van der Waals surface area contributed by atoms with Crippen LogP contribution in [0, 0.1) is 0 Å². The highest BCUT2D eigenvalue weighted by Gasteiger charge is 2.21. The van der Waals surface area contributed by atoms with Gasteiger partial charge >= 0.3 is 0 Å². The molecule has 5 aromatic rings. The van der Waals surface area contributed by atoms with Gasteiger partial charge in [-0.3, -0.25) is 23.2 Å². The molecule has 4 heterocycles. The maximum atomic E-state index is 12.7. The van der Waals surface area contributed by atoms with Crippen LogP contribution in [0.5, 0.6) is 0 Å². The van der Waals surface area contributed by atoms with E-state index < -0.39 is 0 Å². The van der Waals surface area contributed by atoms with Gasteiger partial charge in [0.2, 0.25) is 5.78 Å². The van der Waals surface area contributed by atoms with Crippen LogP contribution >= 0.6 is 11.8 Å². The lowest BCUT2D eigenvalue weighted by molar-refractivity contribution is 0.319. The van der Waals surface area contributed by atoms with Crippen LogP contribution in [0.1, 0.15) is 24.5 Å². The topological polar surface area (TPSA) is 86.1 Å². The molecule has 0 radical (unpaired) electrons. The number of para-hydroxylation sites is 2. The van der Waals surface area contributed by atoms with Crippen molar-refractivity contribution in [2.75, 3.05) is 13.1 Å². The maximum Gasteiger partial charge on any atom is 0.262 e. The maximum absolute atomic E-state index is 12.7. The number of thioether (sulfide) groups is 1. The zero-order valence-electron chi connectivity index (χ0n) is 18.8. The molecule has 9 nitrogen and oxygen atoms in total. The van der Waals surface area contributed by atoms with Gasteiger partial charge in [0.1, 0.15) is 5.82 Å². The fourth-order valence-corrected chi connectivity index (χ4v) is 5.47. The molecule has 1 aliphatic rings. The molecule has 1 saturated heterocycles. The number of hydrogen-bond acceptors (Lipinski definition) is 7. The summed E-state index contributed by atoms with van der Waals surface area (Å²) in [7, 11) is 1.73. The van der Waals surface area contributed by atoms with Crippen molar-refractivity contribution in [1.82, 2.24) is 38.8 Å². The van der Waals surface area contributed by atoms with Crippen molar-refractivity contribution in [1.29, 1.82) is 0 Å². The van der Waals surface area contributed by atoms with Crippen LogP contribution in [0.3, 0.4) is 0 Å². The van der Waals surface area contributed by atoms with E-state index in [1.807, 2.05) is 46.9 Å². The van der Waals surface area contributed by atoms with Crippen LogP contribution in [0.15, 0.2) is 64.5 Å². The second kappa shape index (κ2) is 8.69. The molecule has 0 spiro atoms. The van der Waals surface area contributed by atoms with Gasteiger partial charge in [-0.05, 0) is 50.2 Å². The van der Waals surface area contributed by atoms with Crippen molar-refractivity contribution in [2.24, 2.45) is 7.05 Å². The molecule has 34 heavy (non-hydrogen) atoms. The van der Waals surface area contributed by atoms with Gasteiger partial charge in [0.15, 0.2) is 11.0 Å². The molecule has 0 atom stereocenters. The van der Waals surface area contributed by atoms with E-state index in [0.717, 1.165) is 47.6 Å². The minimum Gasteiger partial charge on any atom is -0.296 e. The molecule has 0 bridgehead atoms. The summed E-state index contributed by atoms with van der Waals surface area (Å²) in [6.07, 6.45) is 2.47. The van der Waals surface area contributed by atoms with Crippen LogP contribution in [-0.4, -0.2) is 51.9 Å². The van der Waals surface area contributed by atoms with Crippen molar-refractivity contribution >= 4 is 28.4 Å².